The van der Waals surface area contributed by atoms with E-state index in [2.05, 4.69) is 21.2 Å². The Morgan fingerprint density at radius 3 is 2.26 bits per heavy atom. The molecule has 3 aromatic rings. The minimum Gasteiger partial charge on any atom is -0.357 e. The van der Waals surface area contributed by atoms with Crippen molar-refractivity contribution in [2.75, 3.05) is 17.9 Å². The SMILES string of the molecule is CNC(=O)[C@@H](C)N(Cc1cccc(Br)c1)C(=O)CN(c1ccccc1)S(=O)(=O)c1ccc(Cl)cc1. The maximum Gasteiger partial charge on any atom is 0.264 e. The van der Waals surface area contributed by atoms with E-state index in [1.54, 1.807) is 37.3 Å². The summed E-state index contributed by atoms with van der Waals surface area (Å²) in [5.74, 6) is -0.886. The highest BCUT2D eigenvalue weighted by molar-refractivity contribution is 9.10. The van der Waals surface area contributed by atoms with Gasteiger partial charge >= 0.3 is 0 Å². The molecule has 0 spiro atoms. The van der Waals surface area contributed by atoms with E-state index in [4.69, 9.17) is 11.6 Å². The number of carbonyl (C=O) groups excluding carboxylic acids is 2. The molecular weight excluding hydrogens is 554 g/mol. The van der Waals surface area contributed by atoms with Gasteiger partial charge in [-0.3, -0.25) is 13.9 Å². The van der Waals surface area contributed by atoms with Gasteiger partial charge in [0.05, 0.1) is 10.6 Å². The zero-order valence-electron chi connectivity index (χ0n) is 19.2. The predicted octanol–water partition coefficient (Wildman–Crippen LogP) is 4.46. The Morgan fingerprint density at radius 2 is 1.66 bits per heavy atom. The number of amides is 2. The van der Waals surface area contributed by atoms with Gasteiger partial charge in [0.2, 0.25) is 11.8 Å². The lowest BCUT2D eigenvalue weighted by molar-refractivity contribution is -0.139. The van der Waals surface area contributed by atoms with Gasteiger partial charge < -0.3 is 10.2 Å². The second-order valence-corrected chi connectivity index (χ2v) is 11.0. The standard InChI is InChI=1S/C25H25BrClN3O4S/c1-18(25(32)28-2)29(16-19-7-6-8-20(26)15-19)24(31)17-30(22-9-4-3-5-10-22)35(33,34)23-13-11-21(27)12-14-23/h3-15,18H,16-17H2,1-2H3,(H,28,32)/t18-/m1/s1. The summed E-state index contributed by atoms with van der Waals surface area (Å²) < 4.78 is 29.1. The number of anilines is 1. The molecule has 35 heavy (non-hydrogen) atoms. The lowest BCUT2D eigenvalue weighted by Crippen LogP contribution is -2.50. The van der Waals surface area contributed by atoms with Crippen LogP contribution in [0.25, 0.3) is 0 Å². The fraction of sp³-hybridized carbons (Fsp3) is 0.200. The Hall–Kier alpha value is -2.88. The number of likely N-dealkylation sites (N-methyl/N-ethyl adjacent to an activating group) is 1. The molecular formula is C25H25BrClN3O4S. The third-order valence-corrected chi connectivity index (χ3v) is 7.91. The van der Waals surface area contributed by atoms with E-state index in [1.165, 1.54) is 36.2 Å². The maximum atomic E-state index is 13.6. The first-order valence-electron chi connectivity index (χ1n) is 10.7. The van der Waals surface area contributed by atoms with E-state index in [1.807, 2.05) is 24.3 Å². The monoisotopic (exact) mass is 577 g/mol. The van der Waals surface area contributed by atoms with Crippen LogP contribution in [0.15, 0.2) is 88.2 Å². The van der Waals surface area contributed by atoms with Crippen molar-refractivity contribution in [2.45, 2.75) is 24.4 Å². The molecule has 0 bridgehead atoms. The number of hydrogen-bond donors (Lipinski definition) is 1. The minimum absolute atomic E-state index is 0.00329. The summed E-state index contributed by atoms with van der Waals surface area (Å²) in [6.45, 7) is 1.23. The van der Waals surface area contributed by atoms with Crippen molar-refractivity contribution < 1.29 is 18.0 Å². The van der Waals surface area contributed by atoms with Gasteiger partial charge in [-0.05, 0) is 61.0 Å². The fourth-order valence-electron chi connectivity index (χ4n) is 3.48. The number of sulfonamides is 1. The Kier molecular flexibility index (Phi) is 8.93. The molecule has 0 fully saturated rings. The van der Waals surface area contributed by atoms with Gasteiger partial charge in [0.1, 0.15) is 12.6 Å². The molecule has 0 aromatic heterocycles. The number of carbonyl (C=O) groups is 2. The van der Waals surface area contributed by atoms with Crippen molar-refractivity contribution in [1.29, 1.82) is 0 Å². The van der Waals surface area contributed by atoms with Crippen LogP contribution in [0.5, 0.6) is 0 Å². The van der Waals surface area contributed by atoms with Crippen LogP contribution in [0.4, 0.5) is 5.69 Å². The van der Waals surface area contributed by atoms with Crippen LogP contribution in [0, 0.1) is 0 Å². The van der Waals surface area contributed by atoms with Gasteiger partial charge in [0.15, 0.2) is 0 Å². The van der Waals surface area contributed by atoms with Gasteiger partial charge in [-0.2, -0.15) is 0 Å². The van der Waals surface area contributed by atoms with E-state index in [0.717, 1.165) is 14.3 Å². The number of hydrogen-bond acceptors (Lipinski definition) is 4. The van der Waals surface area contributed by atoms with Gasteiger partial charge in [0, 0.05) is 23.1 Å². The Bertz CT molecular complexity index is 1290. The second kappa shape index (κ2) is 11.7. The highest BCUT2D eigenvalue weighted by Gasteiger charge is 2.32. The fourth-order valence-corrected chi connectivity index (χ4v) is 5.47. The zero-order valence-corrected chi connectivity index (χ0v) is 22.3. The smallest absolute Gasteiger partial charge is 0.264 e. The first-order valence-corrected chi connectivity index (χ1v) is 13.3. The molecule has 0 saturated heterocycles. The van der Waals surface area contributed by atoms with Crippen LogP contribution < -0.4 is 9.62 Å². The van der Waals surface area contributed by atoms with E-state index in [9.17, 15) is 18.0 Å². The molecule has 0 heterocycles. The minimum atomic E-state index is -4.11. The normalized spacial score (nSPS) is 12.0. The highest BCUT2D eigenvalue weighted by atomic mass is 79.9. The van der Waals surface area contributed by atoms with Gasteiger partial charge in [-0.25, -0.2) is 8.42 Å². The largest absolute Gasteiger partial charge is 0.357 e. The van der Waals surface area contributed by atoms with Crippen molar-refractivity contribution in [2.24, 2.45) is 0 Å². The summed E-state index contributed by atoms with van der Waals surface area (Å²) in [4.78, 5) is 27.4. The van der Waals surface area contributed by atoms with E-state index in [-0.39, 0.29) is 17.3 Å². The van der Waals surface area contributed by atoms with Crippen molar-refractivity contribution >= 4 is 55.1 Å². The maximum absolute atomic E-state index is 13.6. The second-order valence-electron chi connectivity index (χ2n) is 7.74. The van der Waals surface area contributed by atoms with E-state index >= 15 is 0 Å². The molecule has 10 heteroatoms. The average Bonchev–Trinajstić information content (AvgIpc) is 2.85. The molecule has 0 unspecified atom stereocenters. The Balaban J connectivity index is 2.00. The summed E-state index contributed by atoms with van der Waals surface area (Å²) in [6, 6.07) is 20.6. The molecule has 3 rings (SSSR count). The van der Waals surface area contributed by atoms with Crippen LogP contribution in [0.1, 0.15) is 12.5 Å². The van der Waals surface area contributed by atoms with Crippen LogP contribution >= 0.6 is 27.5 Å². The summed E-state index contributed by atoms with van der Waals surface area (Å²) in [5.41, 5.74) is 1.11. The lowest BCUT2D eigenvalue weighted by atomic mass is 10.1. The van der Waals surface area contributed by atoms with Gasteiger partial charge in [-0.15, -0.1) is 0 Å². The van der Waals surface area contributed by atoms with Crippen molar-refractivity contribution in [1.82, 2.24) is 10.2 Å². The molecule has 184 valence electrons. The van der Waals surface area contributed by atoms with E-state index in [0.29, 0.717) is 10.7 Å². The summed E-state index contributed by atoms with van der Waals surface area (Å²) in [6.07, 6.45) is 0. The zero-order chi connectivity index (χ0) is 25.6. The molecule has 7 nitrogen and oxygen atoms in total. The van der Waals surface area contributed by atoms with E-state index < -0.39 is 28.5 Å². The first kappa shape index (κ1) is 26.7. The molecule has 1 atom stereocenters. The third-order valence-electron chi connectivity index (χ3n) is 5.38. The molecule has 0 radical (unpaired) electrons. The van der Waals surface area contributed by atoms with Crippen LogP contribution in [-0.4, -0.2) is 44.8 Å². The van der Waals surface area contributed by atoms with Crippen LogP contribution in [0.3, 0.4) is 0 Å². The highest BCUT2D eigenvalue weighted by Crippen LogP contribution is 2.25. The molecule has 0 saturated carbocycles. The molecule has 2 amide bonds. The Morgan fingerprint density at radius 1 is 1.00 bits per heavy atom. The first-order chi connectivity index (χ1) is 16.6. The Labute approximate surface area is 218 Å². The molecule has 0 aliphatic heterocycles. The molecule has 0 aliphatic rings. The number of nitrogens with zero attached hydrogens (tertiary/aromatic N) is 2. The van der Waals surface area contributed by atoms with Crippen LogP contribution in [-0.2, 0) is 26.2 Å². The number of halogens is 2. The van der Waals surface area contributed by atoms with Crippen molar-refractivity contribution in [3.05, 3.63) is 93.9 Å². The molecule has 3 aromatic carbocycles. The number of rotatable bonds is 9. The topological polar surface area (TPSA) is 86.8 Å². The quantitative estimate of drug-likeness (QED) is 0.406. The third kappa shape index (κ3) is 6.62. The number of nitrogens with one attached hydrogen (secondary N) is 1. The molecule has 1 N–H and O–H groups in total. The summed E-state index contributed by atoms with van der Waals surface area (Å²) in [5, 5.41) is 2.95. The number of benzene rings is 3. The predicted molar refractivity (Wildman–Crippen MR) is 141 cm³/mol. The van der Waals surface area contributed by atoms with Crippen molar-refractivity contribution in [3.63, 3.8) is 0 Å². The lowest BCUT2D eigenvalue weighted by Gasteiger charge is -2.31. The summed E-state index contributed by atoms with van der Waals surface area (Å²) in [7, 11) is -2.62. The number of para-hydroxylation sites is 1. The van der Waals surface area contributed by atoms with Crippen LogP contribution in [0.2, 0.25) is 5.02 Å². The van der Waals surface area contributed by atoms with Gasteiger partial charge in [-0.1, -0.05) is 57.9 Å². The molecule has 0 aliphatic carbocycles. The summed E-state index contributed by atoms with van der Waals surface area (Å²) >= 11 is 9.36. The average molecular weight is 579 g/mol. The van der Waals surface area contributed by atoms with Gasteiger partial charge in [0.25, 0.3) is 10.0 Å². The van der Waals surface area contributed by atoms with Crippen molar-refractivity contribution in [3.8, 4) is 0 Å².